The van der Waals surface area contributed by atoms with Gasteiger partial charge in [-0.15, -0.1) is 11.3 Å². The molecule has 0 unspecified atom stereocenters. The molecule has 0 aliphatic carbocycles. The SMILES string of the molecule is CC(C)(CCNC(C)(C)C)Cc1cc(Br)cs1. The molecule has 1 rings (SSSR count). The quantitative estimate of drug-likeness (QED) is 0.818. The van der Waals surface area contributed by atoms with Crippen molar-refractivity contribution in [2.24, 2.45) is 5.41 Å². The maximum absolute atomic E-state index is 3.56. The number of halogens is 1. The highest BCUT2D eigenvalue weighted by Gasteiger charge is 2.20. The van der Waals surface area contributed by atoms with Gasteiger partial charge < -0.3 is 5.32 Å². The molecule has 0 spiro atoms. The molecule has 0 aliphatic heterocycles. The van der Waals surface area contributed by atoms with Crippen LogP contribution in [0.3, 0.4) is 0 Å². The molecule has 0 aliphatic rings. The molecule has 0 saturated carbocycles. The number of hydrogen-bond donors (Lipinski definition) is 1. The first-order valence-corrected chi connectivity index (χ1v) is 7.83. The van der Waals surface area contributed by atoms with Crippen LogP contribution in [0.5, 0.6) is 0 Å². The fourth-order valence-electron chi connectivity index (χ4n) is 1.78. The highest BCUT2D eigenvalue weighted by atomic mass is 79.9. The summed E-state index contributed by atoms with van der Waals surface area (Å²) < 4.78 is 1.21. The molecule has 98 valence electrons. The largest absolute Gasteiger partial charge is 0.312 e. The number of nitrogens with one attached hydrogen (secondary N) is 1. The monoisotopic (exact) mass is 317 g/mol. The average molecular weight is 318 g/mol. The van der Waals surface area contributed by atoms with Crippen LogP contribution in [0.2, 0.25) is 0 Å². The van der Waals surface area contributed by atoms with Crippen molar-refractivity contribution in [1.82, 2.24) is 5.32 Å². The van der Waals surface area contributed by atoms with Gasteiger partial charge in [-0.05, 0) is 67.6 Å². The van der Waals surface area contributed by atoms with E-state index in [1.54, 1.807) is 0 Å². The van der Waals surface area contributed by atoms with E-state index in [9.17, 15) is 0 Å². The Morgan fingerprint density at radius 2 is 1.88 bits per heavy atom. The second-order valence-electron chi connectivity index (χ2n) is 6.50. The predicted octanol–water partition coefficient (Wildman–Crippen LogP) is 4.86. The van der Waals surface area contributed by atoms with Crippen molar-refractivity contribution in [2.75, 3.05) is 6.54 Å². The van der Waals surface area contributed by atoms with Crippen molar-refractivity contribution in [2.45, 2.75) is 53.0 Å². The molecule has 0 fully saturated rings. The van der Waals surface area contributed by atoms with Crippen LogP contribution in [0.15, 0.2) is 15.9 Å². The zero-order chi connectivity index (χ0) is 13.1. The number of rotatable bonds is 5. The lowest BCUT2D eigenvalue weighted by molar-refractivity contribution is 0.304. The fraction of sp³-hybridized carbons (Fsp3) is 0.714. The fourth-order valence-corrected chi connectivity index (χ4v) is 3.49. The van der Waals surface area contributed by atoms with Gasteiger partial charge in [-0.2, -0.15) is 0 Å². The molecule has 0 aromatic carbocycles. The van der Waals surface area contributed by atoms with E-state index < -0.39 is 0 Å². The van der Waals surface area contributed by atoms with E-state index in [2.05, 4.69) is 67.3 Å². The van der Waals surface area contributed by atoms with Crippen molar-refractivity contribution in [1.29, 1.82) is 0 Å². The lowest BCUT2D eigenvalue weighted by Gasteiger charge is -2.27. The zero-order valence-electron chi connectivity index (χ0n) is 11.6. The van der Waals surface area contributed by atoms with E-state index in [0.29, 0.717) is 5.41 Å². The standard InChI is InChI=1S/C14H24BrNS/c1-13(2,3)16-7-6-14(4,5)9-12-8-11(15)10-17-12/h8,10,16H,6-7,9H2,1-5H3. The molecule has 1 heterocycles. The van der Waals surface area contributed by atoms with Crippen LogP contribution in [0, 0.1) is 5.41 Å². The van der Waals surface area contributed by atoms with Crippen molar-refractivity contribution < 1.29 is 0 Å². The summed E-state index contributed by atoms with van der Waals surface area (Å²) >= 11 is 5.36. The first-order valence-electron chi connectivity index (χ1n) is 6.16. The summed E-state index contributed by atoms with van der Waals surface area (Å²) in [5, 5.41) is 5.73. The van der Waals surface area contributed by atoms with Crippen LogP contribution in [0.25, 0.3) is 0 Å². The second-order valence-corrected chi connectivity index (χ2v) is 8.41. The lowest BCUT2D eigenvalue weighted by Crippen LogP contribution is -2.38. The molecule has 1 nitrogen and oxygen atoms in total. The molecule has 0 amide bonds. The van der Waals surface area contributed by atoms with Crippen LogP contribution < -0.4 is 5.32 Å². The van der Waals surface area contributed by atoms with E-state index in [4.69, 9.17) is 0 Å². The first kappa shape index (κ1) is 15.2. The lowest BCUT2D eigenvalue weighted by atomic mass is 9.85. The minimum Gasteiger partial charge on any atom is -0.312 e. The van der Waals surface area contributed by atoms with Gasteiger partial charge in [0.1, 0.15) is 0 Å². The molecule has 1 aromatic rings. The average Bonchev–Trinajstić information content (AvgIpc) is 2.47. The van der Waals surface area contributed by atoms with Gasteiger partial charge in [-0.1, -0.05) is 13.8 Å². The Morgan fingerprint density at radius 3 is 2.35 bits per heavy atom. The van der Waals surface area contributed by atoms with Crippen molar-refractivity contribution in [3.05, 3.63) is 20.8 Å². The van der Waals surface area contributed by atoms with E-state index in [1.165, 1.54) is 15.8 Å². The Balaban J connectivity index is 2.41. The molecule has 0 saturated heterocycles. The van der Waals surface area contributed by atoms with Crippen LogP contribution in [-0.4, -0.2) is 12.1 Å². The van der Waals surface area contributed by atoms with Crippen molar-refractivity contribution >= 4 is 27.3 Å². The summed E-state index contributed by atoms with van der Waals surface area (Å²) in [6.07, 6.45) is 2.37. The summed E-state index contributed by atoms with van der Waals surface area (Å²) in [7, 11) is 0. The van der Waals surface area contributed by atoms with Crippen LogP contribution >= 0.6 is 27.3 Å². The maximum atomic E-state index is 3.56. The van der Waals surface area contributed by atoms with E-state index in [0.717, 1.165) is 13.0 Å². The van der Waals surface area contributed by atoms with Gasteiger partial charge >= 0.3 is 0 Å². The molecule has 1 aromatic heterocycles. The van der Waals surface area contributed by atoms with Gasteiger partial charge in [0.2, 0.25) is 0 Å². The van der Waals surface area contributed by atoms with Gasteiger partial charge in [0, 0.05) is 20.3 Å². The minimum atomic E-state index is 0.224. The Labute approximate surface area is 118 Å². The minimum absolute atomic E-state index is 0.224. The zero-order valence-corrected chi connectivity index (χ0v) is 14.0. The normalized spacial score (nSPS) is 13.1. The Bertz CT molecular complexity index is 349. The Kier molecular flexibility index (Phi) is 5.23. The van der Waals surface area contributed by atoms with E-state index in [-0.39, 0.29) is 5.54 Å². The molecule has 0 bridgehead atoms. The highest BCUT2D eigenvalue weighted by molar-refractivity contribution is 9.10. The third-order valence-electron chi connectivity index (χ3n) is 2.73. The highest BCUT2D eigenvalue weighted by Crippen LogP contribution is 2.30. The second kappa shape index (κ2) is 5.85. The molecular weight excluding hydrogens is 294 g/mol. The molecule has 3 heteroatoms. The Morgan fingerprint density at radius 1 is 1.24 bits per heavy atom. The van der Waals surface area contributed by atoms with Gasteiger partial charge in [0.05, 0.1) is 0 Å². The molecule has 1 N–H and O–H groups in total. The molecule has 0 atom stereocenters. The van der Waals surface area contributed by atoms with Crippen molar-refractivity contribution in [3.63, 3.8) is 0 Å². The van der Waals surface area contributed by atoms with Gasteiger partial charge in [-0.25, -0.2) is 0 Å². The van der Waals surface area contributed by atoms with Crippen LogP contribution in [0.4, 0.5) is 0 Å². The summed E-state index contributed by atoms with van der Waals surface area (Å²) in [6, 6.07) is 2.24. The molecule has 0 radical (unpaired) electrons. The van der Waals surface area contributed by atoms with Crippen LogP contribution in [0.1, 0.15) is 45.9 Å². The summed E-state index contributed by atoms with van der Waals surface area (Å²) in [5.41, 5.74) is 0.588. The Hall–Kier alpha value is 0.140. The third kappa shape index (κ3) is 6.58. The van der Waals surface area contributed by atoms with Crippen molar-refractivity contribution in [3.8, 4) is 0 Å². The van der Waals surface area contributed by atoms with Crippen LogP contribution in [-0.2, 0) is 6.42 Å². The molecule has 17 heavy (non-hydrogen) atoms. The van der Waals surface area contributed by atoms with E-state index >= 15 is 0 Å². The number of hydrogen-bond acceptors (Lipinski definition) is 2. The molecular formula is C14H24BrNS. The van der Waals surface area contributed by atoms with Gasteiger partial charge in [-0.3, -0.25) is 0 Å². The van der Waals surface area contributed by atoms with Gasteiger partial charge in [0.15, 0.2) is 0 Å². The summed E-state index contributed by atoms with van der Waals surface area (Å²) in [4.78, 5) is 1.47. The van der Waals surface area contributed by atoms with E-state index in [1.807, 2.05) is 11.3 Å². The third-order valence-corrected chi connectivity index (χ3v) is 4.43. The smallest absolute Gasteiger partial charge is 0.0285 e. The summed E-state index contributed by atoms with van der Waals surface area (Å²) in [6.45, 7) is 12.4. The first-order chi connectivity index (χ1) is 7.68. The maximum Gasteiger partial charge on any atom is 0.0285 e. The van der Waals surface area contributed by atoms with Gasteiger partial charge in [0.25, 0.3) is 0 Å². The summed E-state index contributed by atoms with van der Waals surface area (Å²) in [5.74, 6) is 0. The number of thiophene rings is 1. The topological polar surface area (TPSA) is 12.0 Å². The predicted molar refractivity (Wildman–Crippen MR) is 81.9 cm³/mol.